The number of aromatic nitrogens is 4. The summed E-state index contributed by atoms with van der Waals surface area (Å²) in [7, 11) is 5.22. The average Bonchev–Trinajstić information content (AvgIpc) is 3.58. The summed E-state index contributed by atoms with van der Waals surface area (Å²) in [5, 5.41) is 14.0. The molecule has 9 heteroatoms. The standard InChI is InChI=1S/C28H34N6O3/c1-32-18-20(16-30-32)28-17-29-26-8-7-21(14-27(26)31-28)34(11-5-10-33-9-4-6-22(33)19-35)23-12-24(36-2)15-25(13-23)37-3/h7-8,12-18,22,35H,4-6,9-11,19H2,1-3H3/t22-/m1/s1. The van der Waals surface area contributed by atoms with E-state index in [4.69, 9.17) is 14.5 Å². The normalized spacial score (nSPS) is 15.8. The van der Waals surface area contributed by atoms with Gasteiger partial charge in [0.25, 0.3) is 0 Å². The Morgan fingerprint density at radius 3 is 2.54 bits per heavy atom. The van der Waals surface area contributed by atoms with Gasteiger partial charge in [-0.1, -0.05) is 0 Å². The van der Waals surface area contributed by atoms with Gasteiger partial charge in [-0.05, 0) is 44.0 Å². The molecule has 2 aromatic heterocycles. The minimum Gasteiger partial charge on any atom is -0.497 e. The van der Waals surface area contributed by atoms with Gasteiger partial charge in [0.2, 0.25) is 0 Å². The molecule has 4 aromatic rings. The lowest BCUT2D eigenvalue weighted by Crippen LogP contribution is -2.34. The minimum absolute atomic E-state index is 0.222. The molecule has 5 rings (SSSR count). The zero-order valence-electron chi connectivity index (χ0n) is 21.7. The second-order valence-corrected chi connectivity index (χ2v) is 9.42. The lowest BCUT2D eigenvalue weighted by atomic mass is 10.1. The largest absolute Gasteiger partial charge is 0.497 e. The van der Waals surface area contributed by atoms with Gasteiger partial charge in [-0.2, -0.15) is 5.10 Å². The van der Waals surface area contributed by atoms with Crippen LogP contribution < -0.4 is 14.4 Å². The Kier molecular flexibility index (Phi) is 7.52. The van der Waals surface area contributed by atoms with E-state index >= 15 is 0 Å². The van der Waals surface area contributed by atoms with E-state index in [-0.39, 0.29) is 12.6 Å². The third-order valence-electron chi connectivity index (χ3n) is 7.02. The molecule has 194 valence electrons. The number of benzene rings is 2. The topological polar surface area (TPSA) is 88.8 Å². The van der Waals surface area contributed by atoms with Crippen molar-refractivity contribution in [1.29, 1.82) is 0 Å². The fourth-order valence-electron chi connectivity index (χ4n) is 5.04. The highest BCUT2D eigenvalue weighted by Crippen LogP contribution is 2.34. The maximum Gasteiger partial charge on any atom is 0.124 e. The minimum atomic E-state index is 0.222. The summed E-state index contributed by atoms with van der Waals surface area (Å²) < 4.78 is 12.9. The van der Waals surface area contributed by atoms with Gasteiger partial charge in [-0.25, -0.2) is 4.98 Å². The SMILES string of the molecule is COc1cc(OC)cc(N(CCCN2CCC[C@@H]2CO)c2ccc3ncc(-c4cnn(C)c4)nc3c2)c1. The maximum atomic E-state index is 9.73. The van der Waals surface area contributed by atoms with Crippen molar-refractivity contribution in [2.45, 2.75) is 25.3 Å². The molecular formula is C28H34N6O3. The number of hydrogen-bond donors (Lipinski definition) is 1. The van der Waals surface area contributed by atoms with E-state index in [0.717, 1.165) is 84.1 Å². The van der Waals surface area contributed by atoms with Crippen molar-refractivity contribution in [3.8, 4) is 22.8 Å². The Bertz CT molecular complexity index is 1330. The number of hydrogen-bond acceptors (Lipinski definition) is 8. The predicted molar refractivity (Wildman–Crippen MR) is 145 cm³/mol. The van der Waals surface area contributed by atoms with Crippen LogP contribution in [0.15, 0.2) is 55.0 Å². The Morgan fingerprint density at radius 1 is 1.03 bits per heavy atom. The van der Waals surface area contributed by atoms with Crippen molar-refractivity contribution in [3.05, 3.63) is 55.0 Å². The first-order valence-electron chi connectivity index (χ1n) is 12.7. The maximum absolute atomic E-state index is 9.73. The molecule has 1 N–H and O–H groups in total. The van der Waals surface area contributed by atoms with E-state index in [2.05, 4.69) is 32.0 Å². The number of anilines is 2. The van der Waals surface area contributed by atoms with Crippen LogP contribution in [0.1, 0.15) is 19.3 Å². The Labute approximate surface area is 217 Å². The fraction of sp³-hybridized carbons (Fsp3) is 0.393. The van der Waals surface area contributed by atoms with Gasteiger partial charge in [0, 0.05) is 67.5 Å². The van der Waals surface area contributed by atoms with Gasteiger partial charge in [-0.15, -0.1) is 0 Å². The van der Waals surface area contributed by atoms with Gasteiger partial charge < -0.3 is 19.5 Å². The van der Waals surface area contributed by atoms with Crippen LogP contribution in [0.3, 0.4) is 0 Å². The van der Waals surface area contributed by atoms with Gasteiger partial charge in [-0.3, -0.25) is 14.6 Å². The quantitative estimate of drug-likeness (QED) is 0.348. The van der Waals surface area contributed by atoms with Crippen LogP contribution in [0.25, 0.3) is 22.3 Å². The van der Waals surface area contributed by atoms with Crippen molar-refractivity contribution in [2.24, 2.45) is 7.05 Å². The number of aryl methyl sites for hydroxylation is 1. The Hall–Kier alpha value is -3.69. The molecule has 3 heterocycles. The highest BCUT2D eigenvalue weighted by atomic mass is 16.5. The lowest BCUT2D eigenvalue weighted by Gasteiger charge is -2.28. The summed E-state index contributed by atoms with van der Waals surface area (Å²) in [6, 6.07) is 12.4. The van der Waals surface area contributed by atoms with Crippen molar-refractivity contribution in [1.82, 2.24) is 24.6 Å². The fourth-order valence-corrected chi connectivity index (χ4v) is 5.04. The molecule has 1 fully saturated rings. The van der Waals surface area contributed by atoms with Crippen LogP contribution in [0, 0.1) is 0 Å². The summed E-state index contributed by atoms with van der Waals surface area (Å²) in [5.41, 5.74) is 5.37. The lowest BCUT2D eigenvalue weighted by molar-refractivity contribution is 0.158. The summed E-state index contributed by atoms with van der Waals surface area (Å²) in [6.45, 7) is 2.98. The molecule has 1 aliphatic rings. The molecule has 1 saturated heterocycles. The first-order chi connectivity index (χ1) is 18.1. The molecule has 1 atom stereocenters. The number of methoxy groups -OCH3 is 2. The van der Waals surface area contributed by atoms with Crippen molar-refractivity contribution < 1.29 is 14.6 Å². The van der Waals surface area contributed by atoms with Gasteiger partial charge in [0.1, 0.15) is 11.5 Å². The molecule has 9 nitrogen and oxygen atoms in total. The first kappa shape index (κ1) is 25.0. The number of rotatable bonds is 10. The van der Waals surface area contributed by atoms with Crippen LogP contribution in [-0.2, 0) is 7.05 Å². The van der Waals surface area contributed by atoms with Crippen LogP contribution >= 0.6 is 0 Å². The molecule has 0 saturated carbocycles. The Balaban J connectivity index is 1.48. The summed E-state index contributed by atoms with van der Waals surface area (Å²) in [5.74, 6) is 1.47. The number of likely N-dealkylation sites (tertiary alicyclic amines) is 1. The first-order valence-corrected chi connectivity index (χ1v) is 12.7. The third-order valence-corrected chi connectivity index (χ3v) is 7.02. The molecule has 37 heavy (non-hydrogen) atoms. The van der Waals surface area contributed by atoms with E-state index < -0.39 is 0 Å². The summed E-state index contributed by atoms with van der Waals surface area (Å²) >= 11 is 0. The molecular weight excluding hydrogens is 468 g/mol. The number of nitrogens with zero attached hydrogens (tertiary/aromatic N) is 6. The monoisotopic (exact) mass is 502 g/mol. The third kappa shape index (κ3) is 5.52. The van der Waals surface area contributed by atoms with Crippen molar-refractivity contribution in [2.75, 3.05) is 45.4 Å². The van der Waals surface area contributed by atoms with Gasteiger partial charge in [0.15, 0.2) is 0 Å². The van der Waals surface area contributed by atoms with Crippen molar-refractivity contribution in [3.63, 3.8) is 0 Å². The van der Waals surface area contributed by atoms with Crippen LogP contribution in [0.4, 0.5) is 11.4 Å². The van der Waals surface area contributed by atoms with E-state index in [1.54, 1.807) is 31.3 Å². The molecule has 0 bridgehead atoms. The zero-order chi connectivity index (χ0) is 25.8. The number of fused-ring (bicyclic) bond motifs is 1. The van der Waals surface area contributed by atoms with E-state index in [9.17, 15) is 5.11 Å². The van der Waals surface area contributed by atoms with E-state index in [1.165, 1.54) is 0 Å². The van der Waals surface area contributed by atoms with Crippen LogP contribution in [0.5, 0.6) is 11.5 Å². The molecule has 0 spiro atoms. The molecule has 0 aliphatic carbocycles. The summed E-state index contributed by atoms with van der Waals surface area (Å²) in [4.78, 5) is 14.2. The second-order valence-electron chi connectivity index (χ2n) is 9.42. The van der Waals surface area contributed by atoms with Crippen LogP contribution in [-0.4, -0.2) is 76.3 Å². The number of aliphatic hydroxyl groups excluding tert-OH is 1. The average molecular weight is 503 g/mol. The number of aliphatic hydroxyl groups is 1. The van der Waals surface area contributed by atoms with Crippen LogP contribution in [0.2, 0.25) is 0 Å². The second kappa shape index (κ2) is 11.1. The predicted octanol–water partition coefficient (Wildman–Crippen LogP) is 4.03. The molecule has 1 aliphatic heterocycles. The molecule has 0 unspecified atom stereocenters. The molecule has 0 amide bonds. The highest BCUT2D eigenvalue weighted by molar-refractivity contribution is 5.82. The molecule has 0 radical (unpaired) electrons. The van der Waals surface area contributed by atoms with E-state index in [0.29, 0.717) is 0 Å². The number of ether oxygens (including phenoxy) is 2. The molecule has 2 aromatic carbocycles. The smallest absolute Gasteiger partial charge is 0.124 e. The summed E-state index contributed by atoms with van der Waals surface area (Å²) in [6.07, 6.45) is 8.67. The highest BCUT2D eigenvalue weighted by Gasteiger charge is 2.23. The zero-order valence-corrected chi connectivity index (χ0v) is 21.7. The van der Waals surface area contributed by atoms with Gasteiger partial charge >= 0.3 is 0 Å². The van der Waals surface area contributed by atoms with E-state index in [1.807, 2.05) is 37.5 Å². The van der Waals surface area contributed by atoms with Crippen molar-refractivity contribution >= 4 is 22.4 Å². The Morgan fingerprint density at radius 2 is 1.84 bits per heavy atom. The van der Waals surface area contributed by atoms with Gasteiger partial charge in [0.05, 0.1) is 49.9 Å².